The number of aliphatic carboxylic acids is 1. The van der Waals surface area contributed by atoms with Gasteiger partial charge in [0.05, 0.1) is 13.0 Å². The third-order valence-corrected chi connectivity index (χ3v) is 2.50. The molecular formula is C15H20O4. The van der Waals surface area contributed by atoms with Crippen molar-refractivity contribution >= 4 is 5.97 Å². The topological polar surface area (TPSA) is 55.8 Å². The fourth-order valence-corrected chi connectivity index (χ4v) is 1.75. The second kappa shape index (κ2) is 7.46. The Hall–Kier alpha value is -1.97. The summed E-state index contributed by atoms with van der Waals surface area (Å²) in [5.41, 5.74) is 0.943. The number of allylic oxidation sites excluding steroid dienone is 1. The molecule has 0 saturated heterocycles. The van der Waals surface area contributed by atoms with E-state index in [1.165, 1.54) is 0 Å². The molecule has 0 aliphatic carbocycles. The van der Waals surface area contributed by atoms with E-state index in [9.17, 15) is 4.79 Å². The summed E-state index contributed by atoms with van der Waals surface area (Å²) in [7, 11) is 0. The normalized spacial score (nSPS) is 11.7. The highest BCUT2D eigenvalue weighted by molar-refractivity contribution is 5.67. The maximum atomic E-state index is 10.6. The lowest BCUT2D eigenvalue weighted by atomic mass is 10.1. The van der Waals surface area contributed by atoms with E-state index in [-0.39, 0.29) is 12.5 Å². The van der Waals surface area contributed by atoms with Crippen LogP contribution in [0.5, 0.6) is 11.5 Å². The molecule has 4 heteroatoms. The van der Waals surface area contributed by atoms with E-state index in [1.807, 2.05) is 25.1 Å². The Morgan fingerprint density at radius 3 is 2.84 bits per heavy atom. The number of carbonyl (C=O) groups is 1. The molecule has 0 aliphatic rings. The Bertz CT molecular complexity index is 440. The largest absolute Gasteiger partial charge is 0.494 e. The average Bonchev–Trinajstić information content (AvgIpc) is 2.32. The van der Waals surface area contributed by atoms with Crippen molar-refractivity contribution in [3.63, 3.8) is 0 Å². The molecule has 19 heavy (non-hydrogen) atoms. The summed E-state index contributed by atoms with van der Waals surface area (Å²) < 4.78 is 11.1. The lowest BCUT2D eigenvalue weighted by Gasteiger charge is -2.16. The Morgan fingerprint density at radius 1 is 1.53 bits per heavy atom. The molecule has 0 bridgehead atoms. The summed E-state index contributed by atoms with van der Waals surface area (Å²) >= 11 is 0. The third kappa shape index (κ3) is 5.04. The number of hydrogen-bond donors (Lipinski definition) is 1. The van der Waals surface area contributed by atoms with Gasteiger partial charge in [-0.15, -0.1) is 6.58 Å². The van der Waals surface area contributed by atoms with Crippen molar-refractivity contribution in [3.05, 3.63) is 36.4 Å². The van der Waals surface area contributed by atoms with Crippen LogP contribution in [0, 0.1) is 0 Å². The van der Waals surface area contributed by atoms with Gasteiger partial charge in [0, 0.05) is 5.56 Å². The summed E-state index contributed by atoms with van der Waals surface area (Å²) in [5.74, 6) is 0.582. The van der Waals surface area contributed by atoms with Gasteiger partial charge in [0.25, 0.3) is 0 Å². The minimum atomic E-state index is -0.872. The van der Waals surface area contributed by atoms with Gasteiger partial charge in [0.1, 0.15) is 17.6 Å². The number of rotatable bonds is 8. The van der Waals surface area contributed by atoms with Crippen molar-refractivity contribution in [2.75, 3.05) is 6.61 Å². The minimum Gasteiger partial charge on any atom is -0.494 e. The van der Waals surface area contributed by atoms with Crippen molar-refractivity contribution in [1.29, 1.82) is 0 Å². The maximum absolute atomic E-state index is 10.6. The molecule has 1 aromatic carbocycles. The van der Waals surface area contributed by atoms with Crippen LogP contribution in [0.2, 0.25) is 0 Å². The van der Waals surface area contributed by atoms with E-state index in [0.29, 0.717) is 18.8 Å². The van der Waals surface area contributed by atoms with Crippen LogP contribution in [0.25, 0.3) is 0 Å². The van der Waals surface area contributed by atoms with Gasteiger partial charge in [-0.1, -0.05) is 6.08 Å². The van der Waals surface area contributed by atoms with Crippen LogP contribution >= 0.6 is 0 Å². The van der Waals surface area contributed by atoms with Gasteiger partial charge in [-0.3, -0.25) is 4.79 Å². The third-order valence-electron chi connectivity index (χ3n) is 2.50. The summed E-state index contributed by atoms with van der Waals surface area (Å²) in [6.07, 6.45) is 2.02. The summed E-state index contributed by atoms with van der Waals surface area (Å²) in [4.78, 5) is 10.6. The number of ether oxygens (including phenoxy) is 2. The monoisotopic (exact) mass is 264 g/mol. The van der Waals surface area contributed by atoms with Gasteiger partial charge in [-0.05, 0) is 38.5 Å². The highest BCUT2D eigenvalue weighted by atomic mass is 16.5. The Morgan fingerprint density at radius 2 is 2.26 bits per heavy atom. The van der Waals surface area contributed by atoms with E-state index < -0.39 is 5.97 Å². The van der Waals surface area contributed by atoms with Crippen molar-refractivity contribution in [2.45, 2.75) is 32.8 Å². The second-order valence-corrected chi connectivity index (χ2v) is 4.22. The molecule has 0 amide bonds. The molecule has 4 nitrogen and oxygen atoms in total. The number of carboxylic acid groups (broad SMARTS) is 1. The van der Waals surface area contributed by atoms with Gasteiger partial charge < -0.3 is 14.6 Å². The van der Waals surface area contributed by atoms with Crippen LogP contribution < -0.4 is 9.47 Å². The molecule has 0 radical (unpaired) electrons. The van der Waals surface area contributed by atoms with Gasteiger partial charge in [-0.2, -0.15) is 0 Å². The zero-order valence-electron chi connectivity index (χ0n) is 11.4. The molecule has 1 atom stereocenters. The van der Waals surface area contributed by atoms with Gasteiger partial charge in [-0.25, -0.2) is 0 Å². The van der Waals surface area contributed by atoms with Crippen LogP contribution in [0.3, 0.4) is 0 Å². The number of benzene rings is 1. The first-order valence-corrected chi connectivity index (χ1v) is 6.31. The molecular weight excluding hydrogens is 244 g/mol. The highest BCUT2D eigenvalue weighted by Crippen LogP contribution is 2.26. The van der Waals surface area contributed by atoms with Crippen LogP contribution in [0.4, 0.5) is 0 Å². The Balaban J connectivity index is 2.86. The Labute approximate surface area is 113 Å². The smallest absolute Gasteiger partial charge is 0.307 e. The van der Waals surface area contributed by atoms with Crippen LogP contribution in [-0.2, 0) is 11.2 Å². The molecule has 0 heterocycles. The molecule has 0 aliphatic heterocycles. The first-order chi connectivity index (χ1) is 9.06. The molecule has 104 valence electrons. The summed E-state index contributed by atoms with van der Waals surface area (Å²) in [6, 6.07) is 5.52. The van der Waals surface area contributed by atoms with Crippen molar-refractivity contribution < 1.29 is 19.4 Å². The minimum absolute atomic E-state index is 0.0270. The summed E-state index contributed by atoms with van der Waals surface area (Å²) in [6.45, 7) is 7.97. The molecule has 0 saturated carbocycles. The van der Waals surface area contributed by atoms with Gasteiger partial charge in [0.15, 0.2) is 0 Å². The van der Waals surface area contributed by atoms with Crippen molar-refractivity contribution in [1.82, 2.24) is 0 Å². The molecule has 1 aromatic rings. The lowest BCUT2D eigenvalue weighted by Crippen LogP contribution is -2.17. The molecule has 0 spiro atoms. The SMILES string of the molecule is C=CCc1cc(OCC)ccc1OC(C)CC(=O)O. The van der Waals surface area contributed by atoms with Crippen molar-refractivity contribution in [2.24, 2.45) is 0 Å². The summed E-state index contributed by atoms with van der Waals surface area (Å²) in [5, 5.41) is 8.73. The maximum Gasteiger partial charge on any atom is 0.307 e. The van der Waals surface area contributed by atoms with E-state index >= 15 is 0 Å². The molecule has 1 rings (SSSR count). The number of hydrogen-bond acceptors (Lipinski definition) is 3. The quantitative estimate of drug-likeness (QED) is 0.733. The zero-order valence-corrected chi connectivity index (χ0v) is 11.4. The molecule has 0 fully saturated rings. The van der Waals surface area contributed by atoms with Crippen molar-refractivity contribution in [3.8, 4) is 11.5 Å². The predicted octanol–water partition coefficient (Wildman–Crippen LogP) is 3.06. The molecule has 1 unspecified atom stereocenters. The lowest BCUT2D eigenvalue weighted by molar-refractivity contribution is -0.138. The first kappa shape index (κ1) is 15.1. The van der Waals surface area contributed by atoms with E-state index in [2.05, 4.69) is 6.58 Å². The standard InChI is InChI=1S/C15H20O4/c1-4-6-12-10-13(18-5-2)7-8-14(12)19-11(3)9-15(16)17/h4,7-8,10-11H,1,5-6,9H2,2-3H3,(H,16,17). The highest BCUT2D eigenvalue weighted by Gasteiger charge is 2.12. The van der Waals surface area contributed by atoms with E-state index in [4.69, 9.17) is 14.6 Å². The van der Waals surface area contributed by atoms with E-state index in [0.717, 1.165) is 11.3 Å². The van der Waals surface area contributed by atoms with E-state index in [1.54, 1.807) is 13.0 Å². The van der Waals surface area contributed by atoms with Gasteiger partial charge >= 0.3 is 5.97 Å². The average molecular weight is 264 g/mol. The molecule has 1 N–H and O–H groups in total. The van der Waals surface area contributed by atoms with Crippen LogP contribution in [0.15, 0.2) is 30.9 Å². The predicted molar refractivity (Wildman–Crippen MR) is 73.9 cm³/mol. The van der Waals surface area contributed by atoms with Crippen LogP contribution in [-0.4, -0.2) is 23.8 Å². The molecule has 0 aromatic heterocycles. The number of carboxylic acids is 1. The zero-order chi connectivity index (χ0) is 14.3. The van der Waals surface area contributed by atoms with Crippen LogP contribution in [0.1, 0.15) is 25.8 Å². The second-order valence-electron chi connectivity index (χ2n) is 4.22. The fourth-order valence-electron chi connectivity index (χ4n) is 1.75. The fraction of sp³-hybridized carbons (Fsp3) is 0.400. The van der Waals surface area contributed by atoms with Gasteiger partial charge in [0.2, 0.25) is 0 Å². The Kier molecular flexibility index (Phi) is 5.93. The first-order valence-electron chi connectivity index (χ1n) is 6.31.